The average molecular weight is 719 g/mol. The number of carbonyl (C=O) groups is 3. The van der Waals surface area contributed by atoms with Gasteiger partial charge >= 0.3 is 6.09 Å². The monoisotopic (exact) mass is 718 g/mol. The number of amides is 3. The number of nitrogens with two attached hydrogens (primary N) is 1. The number of rotatable bonds is 20. The number of hydrogen-bond acceptors (Lipinski definition) is 9. The van der Waals surface area contributed by atoms with E-state index < -0.39 is 17.2 Å². The first-order valence-corrected chi connectivity index (χ1v) is 18.8. The molecule has 2 aliphatic heterocycles. The Morgan fingerprint density at radius 1 is 1.02 bits per heavy atom. The molecule has 0 spiro atoms. The Bertz CT molecular complexity index is 1250. The summed E-state index contributed by atoms with van der Waals surface area (Å²) in [5.74, 6) is 1.16. The van der Waals surface area contributed by atoms with Crippen molar-refractivity contribution in [2.75, 3.05) is 67.5 Å². The third-order valence-electron chi connectivity index (χ3n) is 10.7. The molecule has 4 unspecified atom stereocenters. The van der Waals surface area contributed by atoms with Crippen molar-refractivity contribution < 1.29 is 38.1 Å². The molecule has 3 N–H and O–H groups in total. The van der Waals surface area contributed by atoms with Gasteiger partial charge in [-0.05, 0) is 107 Å². The van der Waals surface area contributed by atoms with Gasteiger partial charge in [-0.2, -0.15) is 0 Å². The molecule has 4 atom stereocenters. The van der Waals surface area contributed by atoms with Gasteiger partial charge < -0.3 is 39.6 Å². The van der Waals surface area contributed by atoms with Gasteiger partial charge in [0.1, 0.15) is 6.73 Å². The Kier molecular flexibility index (Phi) is 16.8. The number of likely N-dealkylation sites (tertiary alicyclic amines) is 1. The van der Waals surface area contributed by atoms with Crippen LogP contribution in [0.4, 0.5) is 4.79 Å². The Balaban J connectivity index is 1.83. The number of methoxy groups -OCH3 is 2. The van der Waals surface area contributed by atoms with E-state index in [2.05, 4.69) is 37.2 Å². The van der Waals surface area contributed by atoms with Gasteiger partial charge in [-0.15, -0.1) is 0 Å². The Hall–Kier alpha value is -3.09. The number of primary amides is 1. The van der Waals surface area contributed by atoms with E-state index in [1.807, 2.05) is 26.0 Å². The number of benzene rings is 1. The maximum Gasteiger partial charge on any atom is 0.411 e. The van der Waals surface area contributed by atoms with Gasteiger partial charge in [0.15, 0.2) is 11.5 Å². The molecule has 0 saturated carbocycles. The van der Waals surface area contributed by atoms with Gasteiger partial charge in [-0.25, -0.2) is 4.79 Å². The average Bonchev–Trinajstić information content (AvgIpc) is 3.49. The Morgan fingerprint density at radius 3 is 2.33 bits per heavy atom. The minimum Gasteiger partial charge on any atom is -0.493 e. The normalized spacial score (nSPS) is 20.0. The molecule has 2 aliphatic rings. The van der Waals surface area contributed by atoms with E-state index in [1.165, 1.54) is 0 Å². The minimum atomic E-state index is -0.876. The van der Waals surface area contributed by atoms with E-state index in [9.17, 15) is 14.4 Å². The fraction of sp³-hybridized carbons (Fsp3) is 0.769. The highest BCUT2D eigenvalue weighted by Gasteiger charge is 2.43. The molecule has 0 aliphatic carbocycles. The summed E-state index contributed by atoms with van der Waals surface area (Å²) in [6.45, 7) is 15.6. The summed E-state index contributed by atoms with van der Waals surface area (Å²) in [5.41, 5.74) is 5.80. The molecule has 2 fully saturated rings. The van der Waals surface area contributed by atoms with Gasteiger partial charge in [0.25, 0.3) is 0 Å². The van der Waals surface area contributed by atoms with Crippen molar-refractivity contribution in [1.29, 1.82) is 0 Å². The first-order chi connectivity index (χ1) is 24.2. The number of nitrogens with one attached hydrogen (secondary N) is 1. The fourth-order valence-electron chi connectivity index (χ4n) is 6.79. The zero-order valence-corrected chi connectivity index (χ0v) is 32.7. The van der Waals surface area contributed by atoms with Crippen molar-refractivity contribution in [3.05, 3.63) is 23.8 Å². The van der Waals surface area contributed by atoms with Crippen LogP contribution in [0.15, 0.2) is 18.2 Å². The second-order valence-corrected chi connectivity index (χ2v) is 15.9. The number of nitrogens with zero attached hydrogens (tertiary/aromatic N) is 2. The summed E-state index contributed by atoms with van der Waals surface area (Å²) in [7, 11) is 5.43. The predicted octanol–water partition coefficient (Wildman–Crippen LogP) is 5.11. The van der Waals surface area contributed by atoms with Crippen molar-refractivity contribution in [2.24, 2.45) is 40.7 Å². The second kappa shape index (κ2) is 20.2. The quantitative estimate of drug-likeness (QED) is 0.176. The van der Waals surface area contributed by atoms with Crippen molar-refractivity contribution in [2.45, 2.75) is 92.2 Å². The Labute approximate surface area is 306 Å². The van der Waals surface area contributed by atoms with Crippen LogP contribution >= 0.6 is 0 Å². The van der Waals surface area contributed by atoms with Crippen LogP contribution in [0.2, 0.25) is 0 Å². The lowest BCUT2D eigenvalue weighted by molar-refractivity contribution is -0.130. The summed E-state index contributed by atoms with van der Waals surface area (Å²) in [6, 6.07) is 5.77. The van der Waals surface area contributed by atoms with E-state index in [0.29, 0.717) is 50.1 Å². The van der Waals surface area contributed by atoms with Crippen molar-refractivity contribution >= 4 is 17.9 Å². The van der Waals surface area contributed by atoms with E-state index in [-0.39, 0.29) is 55.2 Å². The van der Waals surface area contributed by atoms with Gasteiger partial charge in [0, 0.05) is 32.6 Å². The highest BCUT2D eigenvalue weighted by atomic mass is 16.6. The standard InChI is InChI=1S/C39H66N4O8/c1-26(2)30(19-29-11-12-33(48-9)35(20-29)49-18-10-17-47-8)21-32-34(22-31(27(3)4)36(44)41-24-39(5,6)37(40)45)51-25-43(32)38(46)50-23-28-13-15-42(7)16-14-28/h11-12,20,26-28,30-32,34H,10,13-19,21-25H2,1-9H3,(H2,40,45)(H,41,44). The lowest BCUT2D eigenvalue weighted by atomic mass is 9.80. The topological polar surface area (TPSA) is 142 Å². The number of piperidine rings is 1. The number of ether oxygens (including phenoxy) is 5. The predicted molar refractivity (Wildman–Crippen MR) is 197 cm³/mol. The molecule has 1 aromatic rings. The zero-order chi connectivity index (χ0) is 37.7. The van der Waals surface area contributed by atoms with Crippen LogP contribution in [0.5, 0.6) is 11.5 Å². The molecule has 3 amide bonds. The van der Waals surface area contributed by atoms with Crippen molar-refractivity contribution in [3.8, 4) is 11.5 Å². The first kappa shape index (κ1) is 42.3. The molecule has 2 heterocycles. The molecular weight excluding hydrogens is 652 g/mol. The van der Waals surface area contributed by atoms with Crippen LogP contribution in [-0.2, 0) is 30.2 Å². The number of carbonyl (C=O) groups excluding carboxylic acids is 3. The lowest BCUT2D eigenvalue weighted by Gasteiger charge is -2.33. The fourth-order valence-corrected chi connectivity index (χ4v) is 6.79. The first-order valence-electron chi connectivity index (χ1n) is 18.8. The SMILES string of the molecule is COCCCOc1cc(CC(CC2C(CC(C(=O)NCC(C)(C)C(N)=O)C(C)C)OCN2C(=O)OCC2CCN(C)CC2)C(C)C)ccc1OC. The summed E-state index contributed by atoms with van der Waals surface area (Å²) >= 11 is 0. The molecule has 1 aromatic carbocycles. The van der Waals surface area contributed by atoms with Gasteiger partial charge in [-0.1, -0.05) is 33.8 Å². The smallest absolute Gasteiger partial charge is 0.411 e. The lowest BCUT2D eigenvalue weighted by Crippen LogP contribution is -2.47. The van der Waals surface area contributed by atoms with Gasteiger partial charge in [-0.3, -0.25) is 14.5 Å². The third-order valence-corrected chi connectivity index (χ3v) is 10.7. The summed E-state index contributed by atoms with van der Waals surface area (Å²) in [6.07, 6.45) is 3.88. The van der Waals surface area contributed by atoms with E-state index >= 15 is 0 Å². The van der Waals surface area contributed by atoms with Crippen LogP contribution in [0.1, 0.15) is 79.2 Å². The van der Waals surface area contributed by atoms with Crippen LogP contribution < -0.4 is 20.5 Å². The molecule has 51 heavy (non-hydrogen) atoms. The van der Waals surface area contributed by atoms with E-state index in [4.69, 9.17) is 29.4 Å². The van der Waals surface area contributed by atoms with Gasteiger partial charge in [0.05, 0.1) is 37.9 Å². The number of hydrogen-bond donors (Lipinski definition) is 2. The van der Waals surface area contributed by atoms with Crippen LogP contribution in [0.3, 0.4) is 0 Å². The summed E-state index contributed by atoms with van der Waals surface area (Å²) in [4.78, 5) is 43.3. The highest BCUT2D eigenvalue weighted by Crippen LogP contribution is 2.36. The molecule has 0 aromatic heterocycles. The van der Waals surface area contributed by atoms with E-state index in [1.54, 1.807) is 33.0 Å². The maximum atomic E-state index is 13.8. The third kappa shape index (κ3) is 12.8. The zero-order valence-electron chi connectivity index (χ0n) is 32.7. The second-order valence-electron chi connectivity index (χ2n) is 15.9. The summed E-state index contributed by atoms with van der Waals surface area (Å²) in [5, 5.41) is 2.96. The molecule has 12 nitrogen and oxygen atoms in total. The largest absolute Gasteiger partial charge is 0.493 e. The molecule has 3 rings (SSSR count). The molecule has 0 bridgehead atoms. The minimum absolute atomic E-state index is 0.00104. The van der Waals surface area contributed by atoms with Gasteiger partial charge in [0.2, 0.25) is 11.8 Å². The summed E-state index contributed by atoms with van der Waals surface area (Å²) < 4.78 is 29.2. The maximum absolute atomic E-state index is 13.8. The van der Waals surface area contributed by atoms with E-state index in [0.717, 1.165) is 44.3 Å². The highest BCUT2D eigenvalue weighted by molar-refractivity contribution is 5.83. The van der Waals surface area contributed by atoms with Crippen LogP contribution in [0, 0.1) is 35.0 Å². The van der Waals surface area contributed by atoms with Crippen molar-refractivity contribution in [3.63, 3.8) is 0 Å². The van der Waals surface area contributed by atoms with Crippen LogP contribution in [0.25, 0.3) is 0 Å². The Morgan fingerprint density at radius 2 is 1.73 bits per heavy atom. The molecule has 2 saturated heterocycles. The van der Waals surface area contributed by atoms with Crippen LogP contribution in [-0.4, -0.2) is 107 Å². The molecular formula is C39H66N4O8. The molecule has 12 heteroatoms. The van der Waals surface area contributed by atoms with Crippen molar-refractivity contribution in [1.82, 2.24) is 15.1 Å². The molecule has 290 valence electrons. The molecule has 0 radical (unpaired) electrons.